The highest BCUT2D eigenvalue weighted by Crippen LogP contribution is 2.51. The standard InChI is InChI=1S/C11H13NO2S/c1-6-12-7(5-15-6)2-10(13)11-8-3-14-4-9(8)11/h5,8-9,11H,2-4H2,1H3. The van der Waals surface area contributed by atoms with E-state index in [9.17, 15) is 4.79 Å². The van der Waals surface area contributed by atoms with Crippen LogP contribution in [0.3, 0.4) is 0 Å². The van der Waals surface area contributed by atoms with Crippen LogP contribution in [0.1, 0.15) is 10.7 Å². The lowest BCUT2D eigenvalue weighted by Gasteiger charge is -2.01. The molecule has 2 heterocycles. The first kappa shape index (κ1) is 9.48. The molecule has 3 nitrogen and oxygen atoms in total. The van der Waals surface area contributed by atoms with Crippen molar-refractivity contribution in [1.29, 1.82) is 0 Å². The maximum atomic E-state index is 11.9. The number of ketones is 1. The van der Waals surface area contributed by atoms with Gasteiger partial charge in [0.1, 0.15) is 5.78 Å². The van der Waals surface area contributed by atoms with Gasteiger partial charge in [-0.25, -0.2) is 4.98 Å². The van der Waals surface area contributed by atoms with Crippen molar-refractivity contribution in [2.75, 3.05) is 13.2 Å². The third-order valence-electron chi connectivity index (χ3n) is 3.35. The van der Waals surface area contributed by atoms with Gasteiger partial charge in [-0.2, -0.15) is 0 Å². The minimum Gasteiger partial charge on any atom is -0.381 e. The van der Waals surface area contributed by atoms with Gasteiger partial charge in [0.2, 0.25) is 0 Å². The minimum atomic E-state index is 0.278. The summed E-state index contributed by atoms with van der Waals surface area (Å²) in [5, 5.41) is 3.03. The number of carbonyl (C=O) groups is 1. The molecule has 1 aromatic rings. The van der Waals surface area contributed by atoms with E-state index in [0.29, 0.717) is 24.0 Å². The number of hydrogen-bond donors (Lipinski definition) is 0. The first-order valence-corrected chi connectivity index (χ1v) is 6.15. The molecule has 0 bridgehead atoms. The Balaban J connectivity index is 1.63. The average molecular weight is 223 g/mol. The van der Waals surface area contributed by atoms with Crippen LogP contribution in [0.5, 0.6) is 0 Å². The van der Waals surface area contributed by atoms with Crippen LogP contribution in [0.15, 0.2) is 5.38 Å². The number of aromatic nitrogens is 1. The number of rotatable bonds is 3. The third kappa shape index (κ3) is 1.62. The van der Waals surface area contributed by atoms with Crippen molar-refractivity contribution in [1.82, 2.24) is 4.98 Å². The van der Waals surface area contributed by atoms with Gasteiger partial charge >= 0.3 is 0 Å². The van der Waals surface area contributed by atoms with Crippen LogP contribution in [-0.2, 0) is 16.0 Å². The predicted molar refractivity (Wildman–Crippen MR) is 56.9 cm³/mol. The lowest BCUT2D eigenvalue weighted by Crippen LogP contribution is -2.12. The summed E-state index contributed by atoms with van der Waals surface area (Å²) in [5.41, 5.74) is 0.938. The van der Waals surface area contributed by atoms with Crippen LogP contribution >= 0.6 is 11.3 Å². The number of carbonyl (C=O) groups excluding carboxylic acids is 1. The Morgan fingerprint density at radius 1 is 1.60 bits per heavy atom. The monoisotopic (exact) mass is 223 g/mol. The van der Waals surface area contributed by atoms with E-state index in [2.05, 4.69) is 4.98 Å². The maximum Gasteiger partial charge on any atom is 0.142 e. The topological polar surface area (TPSA) is 39.2 Å². The molecule has 1 aliphatic carbocycles. The smallest absolute Gasteiger partial charge is 0.142 e. The third-order valence-corrected chi connectivity index (χ3v) is 4.17. The number of ether oxygens (including phenoxy) is 1. The van der Waals surface area contributed by atoms with Gasteiger partial charge in [-0.15, -0.1) is 11.3 Å². The Morgan fingerprint density at radius 3 is 2.93 bits per heavy atom. The molecule has 2 fully saturated rings. The van der Waals surface area contributed by atoms with Crippen molar-refractivity contribution in [3.8, 4) is 0 Å². The molecule has 0 radical (unpaired) electrons. The SMILES string of the molecule is Cc1nc(CC(=O)C2C3COCC32)cs1. The Labute approximate surface area is 92.5 Å². The van der Waals surface area contributed by atoms with Gasteiger partial charge in [0, 0.05) is 17.7 Å². The largest absolute Gasteiger partial charge is 0.381 e. The molecule has 80 valence electrons. The van der Waals surface area contributed by atoms with Gasteiger partial charge in [0.05, 0.1) is 23.9 Å². The van der Waals surface area contributed by atoms with E-state index in [0.717, 1.165) is 23.9 Å². The zero-order valence-corrected chi connectivity index (χ0v) is 9.42. The van der Waals surface area contributed by atoms with Crippen LogP contribution in [0.2, 0.25) is 0 Å². The number of thiazole rings is 1. The molecule has 1 saturated heterocycles. The first-order valence-electron chi connectivity index (χ1n) is 5.27. The lowest BCUT2D eigenvalue weighted by atomic mass is 10.1. The maximum absolute atomic E-state index is 11.9. The molecule has 2 aliphatic rings. The van der Waals surface area contributed by atoms with Crippen LogP contribution < -0.4 is 0 Å². The fraction of sp³-hybridized carbons (Fsp3) is 0.636. The van der Waals surface area contributed by atoms with E-state index in [-0.39, 0.29) is 5.92 Å². The second-order valence-corrected chi connectivity index (χ2v) is 5.45. The van der Waals surface area contributed by atoms with E-state index < -0.39 is 0 Å². The molecular weight excluding hydrogens is 210 g/mol. The molecule has 0 amide bonds. The number of aryl methyl sites for hydroxylation is 1. The summed E-state index contributed by atoms with van der Waals surface area (Å²) >= 11 is 1.61. The van der Waals surface area contributed by atoms with Gasteiger partial charge in [0.15, 0.2) is 0 Å². The highest BCUT2D eigenvalue weighted by Gasteiger charge is 2.57. The zero-order chi connectivity index (χ0) is 10.4. The Kier molecular flexibility index (Phi) is 2.14. The van der Waals surface area contributed by atoms with E-state index in [1.165, 1.54) is 0 Å². The Hall–Kier alpha value is -0.740. The van der Waals surface area contributed by atoms with Gasteiger partial charge in [0.25, 0.3) is 0 Å². The van der Waals surface area contributed by atoms with E-state index in [4.69, 9.17) is 4.74 Å². The minimum absolute atomic E-state index is 0.278. The molecule has 2 atom stereocenters. The molecule has 0 aromatic carbocycles. The summed E-state index contributed by atoms with van der Waals surface area (Å²) in [6.45, 7) is 3.55. The second-order valence-electron chi connectivity index (χ2n) is 4.39. The number of nitrogens with zero attached hydrogens (tertiary/aromatic N) is 1. The average Bonchev–Trinajstić information content (AvgIpc) is 2.60. The molecule has 0 spiro atoms. The Bertz CT molecular complexity index is 391. The molecule has 1 aromatic heterocycles. The molecule has 1 saturated carbocycles. The normalized spacial score (nSPS) is 32.7. The van der Waals surface area contributed by atoms with Gasteiger partial charge in [-0.05, 0) is 18.8 Å². The molecule has 15 heavy (non-hydrogen) atoms. The highest BCUT2D eigenvalue weighted by molar-refractivity contribution is 7.09. The van der Waals surface area contributed by atoms with Crippen molar-refractivity contribution in [2.45, 2.75) is 13.3 Å². The molecule has 0 N–H and O–H groups in total. The van der Waals surface area contributed by atoms with Crippen molar-refractivity contribution in [3.63, 3.8) is 0 Å². The predicted octanol–water partition coefficient (Wildman–Crippen LogP) is 1.46. The second kappa shape index (κ2) is 3.39. The van der Waals surface area contributed by atoms with Crippen LogP contribution in [0.25, 0.3) is 0 Å². The van der Waals surface area contributed by atoms with Gasteiger partial charge in [-0.3, -0.25) is 4.79 Å². The van der Waals surface area contributed by atoms with Crippen LogP contribution in [-0.4, -0.2) is 24.0 Å². The number of hydrogen-bond acceptors (Lipinski definition) is 4. The summed E-state index contributed by atoms with van der Waals surface area (Å²) in [6, 6.07) is 0. The molecular formula is C11H13NO2S. The van der Waals surface area contributed by atoms with E-state index in [1.807, 2.05) is 12.3 Å². The first-order chi connectivity index (χ1) is 7.25. The number of Topliss-reactive ketones (excluding diaryl/α,β-unsaturated/α-hetero) is 1. The lowest BCUT2D eigenvalue weighted by molar-refractivity contribution is -0.121. The van der Waals surface area contributed by atoms with Crippen molar-refractivity contribution in [3.05, 3.63) is 16.1 Å². The fourth-order valence-electron chi connectivity index (χ4n) is 2.50. The van der Waals surface area contributed by atoms with E-state index >= 15 is 0 Å². The van der Waals surface area contributed by atoms with Crippen molar-refractivity contribution in [2.24, 2.45) is 17.8 Å². The summed E-state index contributed by atoms with van der Waals surface area (Å²) in [7, 11) is 0. The zero-order valence-electron chi connectivity index (χ0n) is 8.60. The Morgan fingerprint density at radius 2 is 2.33 bits per heavy atom. The molecule has 2 unspecified atom stereocenters. The molecule has 4 heteroatoms. The fourth-order valence-corrected chi connectivity index (χ4v) is 3.12. The quantitative estimate of drug-likeness (QED) is 0.778. The summed E-state index contributed by atoms with van der Waals surface area (Å²) < 4.78 is 5.28. The van der Waals surface area contributed by atoms with Gasteiger partial charge < -0.3 is 4.74 Å². The number of fused-ring (bicyclic) bond motifs is 1. The molecule has 1 aliphatic heterocycles. The van der Waals surface area contributed by atoms with Crippen molar-refractivity contribution >= 4 is 17.1 Å². The highest BCUT2D eigenvalue weighted by atomic mass is 32.1. The summed E-state index contributed by atoms with van der Waals surface area (Å²) in [4.78, 5) is 16.2. The van der Waals surface area contributed by atoms with E-state index in [1.54, 1.807) is 11.3 Å². The van der Waals surface area contributed by atoms with Crippen LogP contribution in [0, 0.1) is 24.7 Å². The summed E-state index contributed by atoms with van der Waals surface area (Å²) in [5.74, 6) is 1.69. The van der Waals surface area contributed by atoms with Crippen LogP contribution in [0.4, 0.5) is 0 Å². The molecule has 3 rings (SSSR count). The van der Waals surface area contributed by atoms with Crippen molar-refractivity contribution < 1.29 is 9.53 Å². The summed E-state index contributed by atoms with van der Waals surface area (Å²) in [6.07, 6.45) is 0.516. The van der Waals surface area contributed by atoms with Gasteiger partial charge in [-0.1, -0.05) is 0 Å².